The van der Waals surface area contributed by atoms with Gasteiger partial charge in [-0.15, -0.1) is 0 Å². The van der Waals surface area contributed by atoms with Gasteiger partial charge in [0.15, 0.2) is 0 Å². The molecule has 3 N–H and O–H groups in total. The van der Waals surface area contributed by atoms with Gasteiger partial charge in [0.1, 0.15) is 5.75 Å². The number of carbonyl (C=O) groups is 1. The van der Waals surface area contributed by atoms with Gasteiger partial charge in [0, 0.05) is 23.9 Å². The van der Waals surface area contributed by atoms with Crippen LogP contribution in [0.25, 0.3) is 0 Å². The van der Waals surface area contributed by atoms with E-state index in [0.29, 0.717) is 30.2 Å². The summed E-state index contributed by atoms with van der Waals surface area (Å²) in [6.45, 7) is 10.5. The minimum absolute atomic E-state index is 0.109. The third kappa shape index (κ3) is 6.04. The number of ether oxygens (including phenoxy) is 1. The first-order chi connectivity index (χ1) is 10.1. The smallest absolute Gasteiger partial charge is 0.251 e. The minimum atomic E-state index is -0.109. The fourth-order valence-corrected chi connectivity index (χ4v) is 2.15. The monoisotopic (exact) mass is 293 g/mol. The van der Waals surface area contributed by atoms with Crippen LogP contribution in [0.3, 0.4) is 0 Å². The Kier molecular flexibility index (Phi) is 7.61. The fraction of sp³-hybridized carbons (Fsp3) is 0.562. The third-order valence-electron chi connectivity index (χ3n) is 3.33. The van der Waals surface area contributed by atoms with E-state index in [2.05, 4.69) is 24.1 Å². The highest BCUT2D eigenvalue weighted by atomic mass is 16.5. The highest BCUT2D eigenvalue weighted by Gasteiger charge is 2.08. The Morgan fingerprint density at radius 2 is 1.95 bits per heavy atom. The number of benzene rings is 1. The first-order valence-corrected chi connectivity index (χ1v) is 7.64. The van der Waals surface area contributed by atoms with E-state index < -0.39 is 0 Å². The number of hydrogen-bond donors (Lipinski definition) is 2. The van der Waals surface area contributed by atoms with Gasteiger partial charge in [-0.05, 0) is 45.1 Å². The lowest BCUT2D eigenvalue weighted by Gasteiger charge is -2.17. The van der Waals surface area contributed by atoms with Gasteiger partial charge in [-0.3, -0.25) is 4.79 Å². The molecule has 0 aliphatic carbocycles. The first-order valence-electron chi connectivity index (χ1n) is 7.64. The van der Waals surface area contributed by atoms with Gasteiger partial charge >= 0.3 is 0 Å². The topological polar surface area (TPSA) is 67.6 Å². The normalized spacial score (nSPS) is 10.7. The third-order valence-corrected chi connectivity index (χ3v) is 3.33. The van der Waals surface area contributed by atoms with Gasteiger partial charge in [-0.25, -0.2) is 0 Å². The van der Waals surface area contributed by atoms with Crippen molar-refractivity contribution in [2.75, 3.05) is 38.5 Å². The summed E-state index contributed by atoms with van der Waals surface area (Å²) < 4.78 is 5.40. The zero-order chi connectivity index (χ0) is 15.7. The van der Waals surface area contributed by atoms with Gasteiger partial charge in [-0.2, -0.15) is 0 Å². The lowest BCUT2D eigenvalue weighted by Crippen LogP contribution is -2.29. The average molecular weight is 293 g/mol. The molecule has 0 bridgehead atoms. The Morgan fingerprint density at radius 1 is 1.24 bits per heavy atom. The summed E-state index contributed by atoms with van der Waals surface area (Å²) >= 11 is 0. The molecule has 0 aliphatic rings. The molecule has 0 radical (unpaired) electrons. The molecule has 0 unspecified atom stereocenters. The molecule has 0 aromatic heterocycles. The number of nitrogens with zero attached hydrogens (tertiary/aromatic N) is 1. The van der Waals surface area contributed by atoms with Crippen molar-refractivity contribution in [3.8, 4) is 5.75 Å². The van der Waals surface area contributed by atoms with Crippen LogP contribution in [0.1, 0.15) is 37.6 Å². The van der Waals surface area contributed by atoms with Crippen LogP contribution < -0.4 is 15.8 Å². The number of nitrogens with one attached hydrogen (secondary N) is 1. The number of hydrogen-bond acceptors (Lipinski definition) is 4. The second-order valence-electron chi connectivity index (χ2n) is 4.86. The number of rotatable bonds is 9. The Labute approximate surface area is 127 Å². The maximum atomic E-state index is 12.1. The van der Waals surface area contributed by atoms with Gasteiger partial charge in [0.2, 0.25) is 0 Å². The van der Waals surface area contributed by atoms with E-state index in [1.54, 1.807) is 18.2 Å². The second kappa shape index (κ2) is 9.23. The molecule has 0 fully saturated rings. The summed E-state index contributed by atoms with van der Waals surface area (Å²) in [5.41, 5.74) is 6.87. The molecular formula is C16H27N3O2. The van der Waals surface area contributed by atoms with E-state index in [-0.39, 0.29) is 5.91 Å². The van der Waals surface area contributed by atoms with Crippen molar-refractivity contribution in [3.05, 3.63) is 23.8 Å². The number of anilines is 1. The van der Waals surface area contributed by atoms with Crippen molar-refractivity contribution in [1.29, 1.82) is 0 Å². The van der Waals surface area contributed by atoms with Gasteiger partial charge < -0.3 is 20.7 Å². The Hall–Kier alpha value is -1.75. The van der Waals surface area contributed by atoms with Crippen molar-refractivity contribution in [1.82, 2.24) is 10.2 Å². The standard InChI is InChI=1S/C16H27N3O2/c1-4-19(5-2)9-7-8-18-16(20)13-10-14(17)12-15(11-13)21-6-3/h10-12H,4-9,17H2,1-3H3,(H,18,20). The highest BCUT2D eigenvalue weighted by Crippen LogP contribution is 2.18. The lowest BCUT2D eigenvalue weighted by atomic mass is 10.1. The maximum absolute atomic E-state index is 12.1. The summed E-state index contributed by atoms with van der Waals surface area (Å²) in [6, 6.07) is 5.11. The summed E-state index contributed by atoms with van der Waals surface area (Å²) in [5, 5.41) is 2.92. The molecule has 5 heteroatoms. The van der Waals surface area contributed by atoms with Crippen LogP contribution in [0.2, 0.25) is 0 Å². The molecule has 0 aliphatic heterocycles. The molecule has 0 heterocycles. The molecule has 0 saturated carbocycles. The molecule has 0 spiro atoms. The van der Waals surface area contributed by atoms with E-state index in [1.807, 2.05) is 6.92 Å². The lowest BCUT2D eigenvalue weighted by molar-refractivity contribution is 0.0951. The van der Waals surface area contributed by atoms with E-state index >= 15 is 0 Å². The molecule has 5 nitrogen and oxygen atoms in total. The Morgan fingerprint density at radius 3 is 2.57 bits per heavy atom. The van der Waals surface area contributed by atoms with Crippen molar-refractivity contribution >= 4 is 11.6 Å². The van der Waals surface area contributed by atoms with E-state index in [0.717, 1.165) is 26.1 Å². The molecule has 0 saturated heterocycles. The fourth-order valence-electron chi connectivity index (χ4n) is 2.15. The zero-order valence-electron chi connectivity index (χ0n) is 13.3. The Bertz CT molecular complexity index is 445. The van der Waals surface area contributed by atoms with E-state index in [4.69, 9.17) is 10.5 Å². The van der Waals surface area contributed by atoms with Gasteiger partial charge in [0.25, 0.3) is 5.91 Å². The molecule has 1 aromatic rings. The summed E-state index contributed by atoms with van der Waals surface area (Å²) in [7, 11) is 0. The molecule has 118 valence electrons. The summed E-state index contributed by atoms with van der Waals surface area (Å²) in [4.78, 5) is 14.4. The second-order valence-corrected chi connectivity index (χ2v) is 4.86. The van der Waals surface area contributed by atoms with Crippen molar-refractivity contribution in [2.45, 2.75) is 27.2 Å². The number of nitrogens with two attached hydrogens (primary N) is 1. The molecule has 1 aromatic carbocycles. The van der Waals surface area contributed by atoms with Crippen LogP contribution in [0.5, 0.6) is 5.75 Å². The van der Waals surface area contributed by atoms with E-state index in [1.165, 1.54) is 0 Å². The zero-order valence-corrected chi connectivity index (χ0v) is 13.3. The van der Waals surface area contributed by atoms with Crippen LogP contribution in [0.15, 0.2) is 18.2 Å². The van der Waals surface area contributed by atoms with Crippen LogP contribution in [0.4, 0.5) is 5.69 Å². The highest BCUT2D eigenvalue weighted by molar-refractivity contribution is 5.95. The van der Waals surface area contributed by atoms with Gasteiger partial charge in [-0.1, -0.05) is 13.8 Å². The molecule has 0 atom stereocenters. The first kappa shape index (κ1) is 17.3. The van der Waals surface area contributed by atoms with Crippen LogP contribution in [-0.4, -0.2) is 43.6 Å². The largest absolute Gasteiger partial charge is 0.494 e. The van der Waals surface area contributed by atoms with Gasteiger partial charge in [0.05, 0.1) is 6.61 Å². The minimum Gasteiger partial charge on any atom is -0.494 e. The van der Waals surface area contributed by atoms with Crippen molar-refractivity contribution < 1.29 is 9.53 Å². The summed E-state index contributed by atoms with van der Waals surface area (Å²) in [6.07, 6.45) is 0.939. The molecule has 21 heavy (non-hydrogen) atoms. The average Bonchev–Trinajstić information content (AvgIpc) is 2.47. The number of carbonyl (C=O) groups excluding carboxylic acids is 1. The molecular weight excluding hydrogens is 266 g/mol. The Balaban J connectivity index is 2.48. The van der Waals surface area contributed by atoms with Crippen LogP contribution >= 0.6 is 0 Å². The molecule has 1 amide bonds. The van der Waals surface area contributed by atoms with E-state index in [9.17, 15) is 4.79 Å². The predicted octanol–water partition coefficient (Wildman–Crippen LogP) is 2.13. The van der Waals surface area contributed by atoms with Crippen LogP contribution in [0, 0.1) is 0 Å². The maximum Gasteiger partial charge on any atom is 0.251 e. The number of amides is 1. The quantitative estimate of drug-likeness (QED) is 0.540. The van der Waals surface area contributed by atoms with Crippen molar-refractivity contribution in [2.24, 2.45) is 0 Å². The SMILES string of the molecule is CCOc1cc(N)cc(C(=O)NCCCN(CC)CC)c1. The molecule has 1 rings (SSSR count). The number of nitrogen functional groups attached to an aromatic ring is 1. The van der Waals surface area contributed by atoms with Crippen molar-refractivity contribution in [3.63, 3.8) is 0 Å². The predicted molar refractivity (Wildman–Crippen MR) is 86.8 cm³/mol. The van der Waals surface area contributed by atoms with Crippen LogP contribution in [-0.2, 0) is 0 Å². The summed E-state index contributed by atoms with van der Waals surface area (Å²) in [5.74, 6) is 0.522.